The van der Waals surface area contributed by atoms with Crippen LogP contribution in [0.25, 0.3) is 11.1 Å². The van der Waals surface area contributed by atoms with E-state index in [9.17, 15) is 9.59 Å². The van der Waals surface area contributed by atoms with E-state index in [0.29, 0.717) is 24.1 Å². The number of nitrogens with zero attached hydrogens (tertiary/aromatic N) is 3. The summed E-state index contributed by atoms with van der Waals surface area (Å²) in [6, 6.07) is 1.29. The fourth-order valence-electron chi connectivity index (χ4n) is 6.10. The van der Waals surface area contributed by atoms with E-state index in [-0.39, 0.29) is 22.3 Å². The molecule has 1 aromatic heterocycles. The summed E-state index contributed by atoms with van der Waals surface area (Å²) < 4.78 is 27.2. The first-order valence-corrected chi connectivity index (χ1v) is 14.8. The molecule has 2 heterocycles. The lowest BCUT2D eigenvalue weighted by atomic mass is 10.0. The lowest BCUT2D eigenvalue weighted by Gasteiger charge is -2.27. The first-order valence-electron chi connectivity index (χ1n) is 13.6. The summed E-state index contributed by atoms with van der Waals surface area (Å²) in [4.78, 5) is 33.7. The van der Waals surface area contributed by atoms with Gasteiger partial charge in [-0.3, -0.25) is 14.7 Å². The first-order chi connectivity index (χ1) is 18.5. The Hall–Kier alpha value is -2.39. The van der Waals surface area contributed by atoms with E-state index < -0.39 is 23.1 Å². The molecule has 0 N–H and O–H groups in total. The number of amides is 1. The maximum atomic E-state index is 15.3. The maximum Gasteiger partial charge on any atom is 0.414 e. The number of halogens is 3. The second-order valence-electron chi connectivity index (χ2n) is 13.3. The molecule has 40 heavy (non-hydrogen) atoms. The summed E-state index contributed by atoms with van der Waals surface area (Å²) in [6.45, 7) is 12.6. The topological polar surface area (TPSA) is 72.0 Å². The van der Waals surface area contributed by atoms with Crippen LogP contribution in [0.15, 0.2) is 16.7 Å². The van der Waals surface area contributed by atoms with Crippen LogP contribution in [0.1, 0.15) is 72.1 Å². The molecule has 7 nitrogen and oxygen atoms in total. The number of aromatic nitrogens is 1. The van der Waals surface area contributed by atoms with Gasteiger partial charge < -0.3 is 14.4 Å². The molecule has 0 radical (unpaired) electrons. The zero-order valence-electron chi connectivity index (χ0n) is 24.1. The molecule has 1 saturated heterocycles. The summed E-state index contributed by atoms with van der Waals surface area (Å²) in [5.41, 5.74) is 3.06. The van der Waals surface area contributed by atoms with Crippen LogP contribution in [-0.2, 0) is 20.7 Å². The molecule has 0 unspecified atom stereocenters. The van der Waals surface area contributed by atoms with Crippen LogP contribution in [0, 0.1) is 17.2 Å². The van der Waals surface area contributed by atoms with Crippen LogP contribution in [0.4, 0.5) is 20.6 Å². The fourth-order valence-corrected chi connectivity index (χ4v) is 6.91. The molecule has 1 aromatic carbocycles. The van der Waals surface area contributed by atoms with Crippen LogP contribution < -0.4 is 9.80 Å². The lowest BCUT2D eigenvalue weighted by molar-refractivity contribution is -0.155. The van der Waals surface area contributed by atoms with Crippen molar-refractivity contribution in [1.29, 1.82) is 0 Å². The Labute approximate surface area is 248 Å². The quantitative estimate of drug-likeness (QED) is 0.276. The van der Waals surface area contributed by atoms with Crippen molar-refractivity contribution in [2.24, 2.45) is 11.3 Å². The minimum Gasteiger partial charge on any atom is -0.460 e. The molecule has 2 aromatic rings. The molecular weight excluding hydrogens is 601 g/mol. The summed E-state index contributed by atoms with van der Waals surface area (Å²) in [7, 11) is 1.58. The minimum absolute atomic E-state index is 0.0133. The summed E-state index contributed by atoms with van der Waals surface area (Å²) >= 11 is 10.3. The fraction of sp³-hybridized carbons (Fsp3) is 0.567. The van der Waals surface area contributed by atoms with Crippen LogP contribution in [-0.4, -0.2) is 48.4 Å². The van der Waals surface area contributed by atoms with Crippen molar-refractivity contribution in [3.8, 4) is 11.1 Å². The van der Waals surface area contributed by atoms with E-state index in [1.807, 2.05) is 20.8 Å². The molecule has 1 aliphatic heterocycles. The molecule has 10 heteroatoms. The number of hydrogen-bond donors (Lipinski definition) is 0. The van der Waals surface area contributed by atoms with Gasteiger partial charge in [-0.1, -0.05) is 11.6 Å². The third-order valence-electron chi connectivity index (χ3n) is 7.91. The zero-order chi connectivity index (χ0) is 29.4. The van der Waals surface area contributed by atoms with E-state index in [1.54, 1.807) is 34.0 Å². The first kappa shape index (κ1) is 29.1. The number of carbonyl (C=O) groups is 2. The lowest BCUT2D eigenvalue weighted by Crippen LogP contribution is -2.34. The Kier molecular flexibility index (Phi) is 7.18. The highest BCUT2D eigenvalue weighted by Crippen LogP contribution is 2.62. The van der Waals surface area contributed by atoms with Gasteiger partial charge in [-0.2, -0.15) is 0 Å². The Morgan fingerprint density at radius 3 is 2.52 bits per heavy atom. The van der Waals surface area contributed by atoms with E-state index in [0.717, 1.165) is 52.9 Å². The number of rotatable bonds is 4. The summed E-state index contributed by atoms with van der Waals surface area (Å²) in [6.07, 6.45) is 3.96. The van der Waals surface area contributed by atoms with Crippen molar-refractivity contribution < 1.29 is 23.5 Å². The standard InChI is InChI=1S/C30H36BrClFN3O4/c1-28(2,3)39-22(37)10-16-13-30(16)8-9-36(15-30)26-18(31)14-34-20-11-17-21(35(7)27(38)40-29(4,5)6)12-19(33)25(32)23(17)24(20)26/h12,14,16H,8-11,13,15H2,1-7H3/t16-,30+/m1/s1. The molecule has 2 atom stereocenters. The Morgan fingerprint density at radius 2 is 1.88 bits per heavy atom. The smallest absolute Gasteiger partial charge is 0.414 e. The highest BCUT2D eigenvalue weighted by molar-refractivity contribution is 9.10. The third-order valence-corrected chi connectivity index (χ3v) is 8.86. The van der Waals surface area contributed by atoms with Crippen molar-refractivity contribution >= 4 is 51.0 Å². The van der Waals surface area contributed by atoms with Crippen molar-refractivity contribution in [1.82, 2.24) is 4.98 Å². The zero-order valence-corrected chi connectivity index (χ0v) is 26.4. The predicted octanol–water partition coefficient (Wildman–Crippen LogP) is 7.53. The van der Waals surface area contributed by atoms with Gasteiger partial charge in [0, 0.05) is 50.3 Å². The number of anilines is 2. The van der Waals surface area contributed by atoms with Gasteiger partial charge in [0.25, 0.3) is 0 Å². The van der Waals surface area contributed by atoms with Crippen LogP contribution in [0.2, 0.25) is 5.02 Å². The Bertz CT molecular complexity index is 1400. The van der Waals surface area contributed by atoms with Crippen molar-refractivity contribution in [3.63, 3.8) is 0 Å². The molecule has 5 rings (SSSR count). The molecule has 1 spiro atoms. The monoisotopic (exact) mass is 635 g/mol. The minimum atomic E-state index is -0.697. The van der Waals surface area contributed by atoms with E-state index in [1.165, 1.54) is 11.0 Å². The highest BCUT2D eigenvalue weighted by atomic mass is 79.9. The van der Waals surface area contributed by atoms with Gasteiger partial charge in [0.15, 0.2) is 0 Å². The number of pyridine rings is 1. The number of benzene rings is 1. The van der Waals surface area contributed by atoms with Gasteiger partial charge in [0.1, 0.15) is 17.0 Å². The molecule has 2 fully saturated rings. The van der Waals surface area contributed by atoms with Crippen molar-refractivity contribution in [3.05, 3.63) is 38.8 Å². The summed E-state index contributed by atoms with van der Waals surface area (Å²) in [5, 5.41) is 0.0133. The Balaban J connectivity index is 1.46. The molecule has 3 aliphatic rings. The number of fused-ring (bicyclic) bond motifs is 3. The normalized spacial score (nSPS) is 21.4. The third kappa shape index (κ3) is 5.43. The molecular formula is C30H36BrClFN3O4. The number of esters is 1. The van der Waals surface area contributed by atoms with Crippen LogP contribution >= 0.6 is 27.5 Å². The largest absolute Gasteiger partial charge is 0.460 e. The van der Waals surface area contributed by atoms with Crippen LogP contribution in [0.5, 0.6) is 0 Å². The van der Waals surface area contributed by atoms with Gasteiger partial charge in [0.2, 0.25) is 0 Å². The maximum absolute atomic E-state index is 15.3. The average molecular weight is 637 g/mol. The number of hydrogen-bond acceptors (Lipinski definition) is 6. The molecule has 2 aliphatic carbocycles. The van der Waals surface area contributed by atoms with Gasteiger partial charge in [-0.25, -0.2) is 9.18 Å². The van der Waals surface area contributed by atoms with Gasteiger partial charge in [0.05, 0.1) is 26.6 Å². The van der Waals surface area contributed by atoms with Crippen molar-refractivity contribution in [2.75, 3.05) is 29.9 Å². The second kappa shape index (κ2) is 9.86. The molecule has 216 valence electrons. The molecule has 0 bridgehead atoms. The number of ether oxygens (including phenoxy) is 2. The van der Waals surface area contributed by atoms with E-state index in [2.05, 4.69) is 25.8 Å². The Morgan fingerprint density at radius 1 is 1.20 bits per heavy atom. The average Bonchev–Trinajstić information content (AvgIpc) is 3.13. The van der Waals surface area contributed by atoms with Gasteiger partial charge in [-0.15, -0.1) is 0 Å². The summed E-state index contributed by atoms with van der Waals surface area (Å²) in [5.74, 6) is -0.484. The van der Waals surface area contributed by atoms with Gasteiger partial charge >= 0.3 is 12.1 Å². The SMILES string of the molecule is CN(C(=O)OC(C)(C)C)c1cc(F)c(Cl)c2c1Cc1ncc(Br)c(N3CC[C@]4(C[C@H]4CC(=O)OC(C)(C)C)C3)c1-2. The molecule has 1 saturated carbocycles. The molecule has 1 amide bonds. The number of carbonyl (C=O) groups excluding carboxylic acids is 2. The van der Waals surface area contributed by atoms with E-state index >= 15 is 4.39 Å². The predicted molar refractivity (Wildman–Crippen MR) is 158 cm³/mol. The van der Waals surface area contributed by atoms with Crippen LogP contribution in [0.3, 0.4) is 0 Å². The second-order valence-corrected chi connectivity index (χ2v) is 14.5. The van der Waals surface area contributed by atoms with Crippen molar-refractivity contribution in [2.45, 2.75) is 78.4 Å². The van der Waals surface area contributed by atoms with Gasteiger partial charge in [-0.05, 0) is 93.3 Å². The van der Waals surface area contributed by atoms with E-state index in [4.69, 9.17) is 21.1 Å². The highest BCUT2D eigenvalue weighted by Gasteiger charge is 2.58.